The summed E-state index contributed by atoms with van der Waals surface area (Å²) in [7, 11) is 0. The van der Waals surface area contributed by atoms with Gasteiger partial charge < -0.3 is 11.1 Å². The molecule has 3 N–H and O–H groups in total. The Hall–Kier alpha value is -2.28. The van der Waals surface area contributed by atoms with Crippen molar-refractivity contribution < 1.29 is 4.79 Å². The highest BCUT2D eigenvalue weighted by Gasteiger charge is 2.02. The molecule has 0 radical (unpaired) electrons. The van der Waals surface area contributed by atoms with Gasteiger partial charge >= 0.3 is 0 Å². The molecule has 0 aromatic carbocycles. The number of nitrogens with zero attached hydrogens (tertiary/aromatic N) is 4. The molecule has 0 unspecified atom stereocenters. The van der Waals surface area contributed by atoms with Crippen LogP contribution in [-0.2, 0) is 4.79 Å². The van der Waals surface area contributed by atoms with Gasteiger partial charge in [-0.05, 0) is 12.1 Å². The summed E-state index contributed by atoms with van der Waals surface area (Å²) in [4.78, 5) is 19.3. The first-order valence-electron chi connectivity index (χ1n) is 5.10. The zero-order valence-corrected chi connectivity index (χ0v) is 9.08. The molecule has 2 rings (SSSR count). The van der Waals surface area contributed by atoms with Crippen molar-refractivity contribution in [2.45, 2.75) is 6.42 Å². The number of hydrogen-bond donors (Lipinski definition) is 2. The smallest absolute Gasteiger partial charge is 0.225 e. The van der Waals surface area contributed by atoms with E-state index in [2.05, 4.69) is 20.4 Å². The lowest BCUT2D eigenvalue weighted by atomic mass is 10.3. The number of rotatable bonds is 4. The van der Waals surface area contributed by atoms with E-state index in [1.807, 2.05) is 0 Å². The fourth-order valence-corrected chi connectivity index (χ4v) is 1.28. The molecule has 2 aromatic rings. The molecule has 0 aliphatic carbocycles. The fourth-order valence-electron chi connectivity index (χ4n) is 1.28. The van der Waals surface area contributed by atoms with Crippen LogP contribution in [0.3, 0.4) is 0 Å². The fraction of sp³-hybridized carbons (Fsp3) is 0.200. The Balaban J connectivity index is 2.06. The lowest BCUT2D eigenvalue weighted by Crippen LogP contribution is -2.16. The van der Waals surface area contributed by atoms with Crippen molar-refractivity contribution in [3.8, 4) is 5.82 Å². The molecule has 0 spiro atoms. The first kappa shape index (κ1) is 11.2. The number of nitrogens with two attached hydrogens (primary N) is 1. The Morgan fingerprint density at radius 2 is 2.35 bits per heavy atom. The van der Waals surface area contributed by atoms with Gasteiger partial charge in [0.15, 0.2) is 5.82 Å². The zero-order chi connectivity index (χ0) is 12.1. The molecule has 0 saturated heterocycles. The van der Waals surface area contributed by atoms with E-state index in [9.17, 15) is 4.79 Å². The van der Waals surface area contributed by atoms with Gasteiger partial charge in [0.05, 0.1) is 11.9 Å². The van der Waals surface area contributed by atoms with Crippen LogP contribution in [0.25, 0.3) is 5.82 Å². The highest BCUT2D eigenvalue weighted by Crippen LogP contribution is 2.08. The molecule has 88 valence electrons. The number of carbonyl (C=O) groups is 1. The summed E-state index contributed by atoms with van der Waals surface area (Å²) in [6.45, 7) is 0.330. The lowest BCUT2D eigenvalue weighted by molar-refractivity contribution is -0.116. The van der Waals surface area contributed by atoms with Gasteiger partial charge in [0.2, 0.25) is 5.91 Å². The number of nitrogens with one attached hydrogen (secondary N) is 1. The Bertz CT molecular complexity index is 478. The minimum atomic E-state index is -0.122. The molecule has 1 amide bonds. The van der Waals surface area contributed by atoms with Crippen molar-refractivity contribution >= 4 is 11.6 Å². The number of aromatic nitrogens is 4. The van der Waals surface area contributed by atoms with Crippen LogP contribution in [-0.4, -0.2) is 32.2 Å². The van der Waals surface area contributed by atoms with Crippen molar-refractivity contribution in [1.82, 2.24) is 19.7 Å². The van der Waals surface area contributed by atoms with E-state index in [1.54, 1.807) is 24.7 Å². The van der Waals surface area contributed by atoms with E-state index >= 15 is 0 Å². The molecule has 0 fully saturated rings. The predicted molar refractivity (Wildman–Crippen MR) is 61.5 cm³/mol. The van der Waals surface area contributed by atoms with E-state index in [0.29, 0.717) is 24.5 Å². The summed E-state index contributed by atoms with van der Waals surface area (Å²) in [5, 5.41) is 6.63. The van der Waals surface area contributed by atoms with Gasteiger partial charge in [0, 0.05) is 13.0 Å². The molecule has 2 heterocycles. The third-order valence-electron chi connectivity index (χ3n) is 2.06. The second-order valence-electron chi connectivity index (χ2n) is 3.33. The second kappa shape index (κ2) is 5.17. The van der Waals surface area contributed by atoms with Crippen LogP contribution in [0.15, 0.2) is 31.0 Å². The van der Waals surface area contributed by atoms with Crippen LogP contribution in [0.1, 0.15) is 6.42 Å². The quantitative estimate of drug-likeness (QED) is 0.770. The first-order chi connectivity index (χ1) is 8.29. The lowest BCUT2D eigenvalue weighted by Gasteiger charge is -2.04. The maximum Gasteiger partial charge on any atom is 0.225 e. The maximum absolute atomic E-state index is 11.3. The normalized spacial score (nSPS) is 10.2. The molecule has 7 heteroatoms. The van der Waals surface area contributed by atoms with Crippen molar-refractivity contribution in [2.75, 3.05) is 11.9 Å². The topological polar surface area (TPSA) is 98.7 Å². The van der Waals surface area contributed by atoms with Crippen LogP contribution in [0.2, 0.25) is 0 Å². The minimum absolute atomic E-state index is 0.122. The van der Waals surface area contributed by atoms with Crippen LogP contribution < -0.4 is 11.1 Å². The van der Waals surface area contributed by atoms with E-state index in [1.165, 1.54) is 11.0 Å². The van der Waals surface area contributed by atoms with Crippen molar-refractivity contribution in [2.24, 2.45) is 5.73 Å². The highest BCUT2D eigenvalue weighted by atomic mass is 16.1. The molecule has 0 bridgehead atoms. The summed E-state index contributed by atoms with van der Waals surface area (Å²) in [5.74, 6) is 0.516. The number of amides is 1. The first-order valence-corrected chi connectivity index (χ1v) is 5.10. The third kappa shape index (κ3) is 2.85. The number of pyridine rings is 1. The summed E-state index contributed by atoms with van der Waals surface area (Å²) in [6, 6.07) is 3.49. The average molecular weight is 232 g/mol. The zero-order valence-electron chi connectivity index (χ0n) is 9.08. The van der Waals surface area contributed by atoms with E-state index < -0.39 is 0 Å². The average Bonchev–Trinajstić information content (AvgIpc) is 2.84. The molecule has 7 nitrogen and oxygen atoms in total. The van der Waals surface area contributed by atoms with Gasteiger partial charge in [-0.2, -0.15) is 5.10 Å². The highest BCUT2D eigenvalue weighted by molar-refractivity contribution is 5.90. The summed E-state index contributed by atoms with van der Waals surface area (Å²) < 4.78 is 1.53. The Morgan fingerprint density at radius 3 is 2.94 bits per heavy atom. The van der Waals surface area contributed by atoms with E-state index in [4.69, 9.17) is 5.73 Å². The molecular weight excluding hydrogens is 220 g/mol. The van der Waals surface area contributed by atoms with Gasteiger partial charge in [0.1, 0.15) is 12.7 Å². The van der Waals surface area contributed by atoms with Crippen LogP contribution in [0.5, 0.6) is 0 Å². The minimum Gasteiger partial charge on any atom is -0.330 e. The van der Waals surface area contributed by atoms with Crippen molar-refractivity contribution in [3.63, 3.8) is 0 Å². The SMILES string of the molecule is NCCC(=O)Nc1ccc(-n2cncn2)nc1. The van der Waals surface area contributed by atoms with Gasteiger partial charge in [-0.3, -0.25) is 4.79 Å². The number of anilines is 1. The summed E-state index contributed by atoms with van der Waals surface area (Å²) in [5.41, 5.74) is 5.91. The van der Waals surface area contributed by atoms with Gasteiger partial charge in [-0.15, -0.1) is 0 Å². The Labute approximate surface area is 97.7 Å². The number of carbonyl (C=O) groups excluding carboxylic acids is 1. The van der Waals surface area contributed by atoms with Gasteiger partial charge in [-0.1, -0.05) is 0 Å². The molecule has 17 heavy (non-hydrogen) atoms. The molecular formula is C10H12N6O. The number of hydrogen-bond acceptors (Lipinski definition) is 5. The van der Waals surface area contributed by atoms with E-state index in [0.717, 1.165) is 0 Å². The van der Waals surface area contributed by atoms with Gasteiger partial charge in [-0.25, -0.2) is 14.6 Å². The molecule has 2 aromatic heterocycles. The largest absolute Gasteiger partial charge is 0.330 e. The summed E-state index contributed by atoms with van der Waals surface area (Å²) >= 11 is 0. The van der Waals surface area contributed by atoms with Crippen LogP contribution in [0, 0.1) is 0 Å². The van der Waals surface area contributed by atoms with Crippen LogP contribution >= 0.6 is 0 Å². The molecule has 0 aliphatic heterocycles. The third-order valence-corrected chi connectivity index (χ3v) is 2.06. The van der Waals surface area contributed by atoms with E-state index in [-0.39, 0.29) is 5.91 Å². The molecule has 0 aliphatic rings. The monoisotopic (exact) mass is 232 g/mol. The standard InChI is InChI=1S/C10H12N6O/c11-4-3-10(17)15-8-1-2-9(13-5-8)16-7-12-6-14-16/h1-2,5-7H,3-4,11H2,(H,15,17). The Morgan fingerprint density at radius 1 is 1.47 bits per heavy atom. The van der Waals surface area contributed by atoms with Crippen LogP contribution in [0.4, 0.5) is 5.69 Å². The Kier molecular flexibility index (Phi) is 3.41. The van der Waals surface area contributed by atoms with Crippen molar-refractivity contribution in [1.29, 1.82) is 0 Å². The second-order valence-corrected chi connectivity index (χ2v) is 3.33. The molecule has 0 saturated carbocycles. The maximum atomic E-state index is 11.3. The van der Waals surface area contributed by atoms with Crippen molar-refractivity contribution in [3.05, 3.63) is 31.0 Å². The predicted octanol–water partition coefficient (Wildman–Crippen LogP) is -0.0504. The molecule has 0 atom stereocenters. The van der Waals surface area contributed by atoms with Gasteiger partial charge in [0.25, 0.3) is 0 Å². The summed E-state index contributed by atoms with van der Waals surface area (Å²) in [6.07, 6.45) is 4.84.